The Morgan fingerprint density at radius 3 is 2.60 bits per heavy atom. The molecule has 0 aliphatic carbocycles. The highest BCUT2D eigenvalue weighted by Gasteiger charge is 2.16. The molecule has 0 aliphatic rings. The summed E-state index contributed by atoms with van der Waals surface area (Å²) >= 11 is 4.70. The Morgan fingerprint density at radius 1 is 1.60 bits per heavy atom. The molecule has 0 aromatic carbocycles. The Bertz CT molecular complexity index is 355. The van der Waals surface area contributed by atoms with Gasteiger partial charge in [-0.2, -0.15) is 5.84 Å². The predicted octanol–water partition coefficient (Wildman–Crippen LogP) is -0.879. The van der Waals surface area contributed by atoms with Crippen LogP contribution < -0.4 is 22.8 Å². The summed E-state index contributed by atoms with van der Waals surface area (Å²) in [4.78, 5) is 12.3. The number of hydrogen-bond acceptors (Lipinski definition) is 3. The zero-order chi connectivity index (χ0) is 10.8. The minimum absolute atomic E-state index is 0. The van der Waals surface area contributed by atoms with E-state index in [2.05, 4.69) is 15.9 Å². The molecular weight excluding hydrogens is 344 g/mol. The van der Waals surface area contributed by atoms with Crippen LogP contribution >= 0.6 is 27.3 Å². The number of carbonyl (C=O) groups excluding carboxylic acids is 1. The summed E-state index contributed by atoms with van der Waals surface area (Å²) < 4.78 is 0.757. The largest absolute Gasteiger partial charge is 1.00 e. The smallest absolute Gasteiger partial charge is 0.202 e. The van der Waals surface area contributed by atoms with Crippen molar-refractivity contribution in [1.82, 2.24) is 0 Å². The number of thiophene rings is 1. The van der Waals surface area contributed by atoms with E-state index in [4.69, 9.17) is 5.84 Å². The third-order valence-electron chi connectivity index (χ3n) is 1.56. The van der Waals surface area contributed by atoms with E-state index in [0.717, 1.165) is 4.88 Å². The molecule has 0 aliphatic heterocycles. The molecule has 0 bridgehead atoms. The number of nitrogens with two attached hydrogens (primary N) is 1. The molecule has 84 valence electrons. The molecule has 6 heteroatoms. The Kier molecular flexibility index (Phi) is 5.90. The zero-order valence-corrected chi connectivity index (χ0v) is 12.4. The molecule has 1 aromatic heterocycles. The number of hydrogen-bond donors (Lipinski definition) is 1. The average molecular weight is 356 g/mol. The summed E-state index contributed by atoms with van der Waals surface area (Å²) in [5.41, 5.74) is 0. The van der Waals surface area contributed by atoms with Gasteiger partial charge in [-0.25, -0.2) is 4.59 Å². The number of rotatable bonds is 3. The van der Waals surface area contributed by atoms with Gasteiger partial charge in [-0.15, -0.1) is 11.3 Å². The first-order valence-electron chi connectivity index (χ1n) is 3.99. The quantitative estimate of drug-likeness (QED) is 0.191. The monoisotopic (exact) mass is 354 g/mol. The predicted molar refractivity (Wildman–Crippen MR) is 62.0 cm³/mol. The number of ketones is 1. The van der Waals surface area contributed by atoms with E-state index in [9.17, 15) is 4.79 Å². The number of halogens is 2. The lowest BCUT2D eigenvalue weighted by Gasteiger charge is -2.20. The maximum atomic E-state index is 11.6. The maximum Gasteiger partial charge on any atom is 0.202 e. The number of carbonyl (C=O) groups is 1. The van der Waals surface area contributed by atoms with Crippen LogP contribution in [-0.2, 0) is 0 Å². The molecule has 1 heterocycles. The first-order valence-corrected chi connectivity index (χ1v) is 5.66. The van der Waals surface area contributed by atoms with E-state index in [-0.39, 0.29) is 27.4 Å². The molecule has 0 fully saturated rings. The topological polar surface area (TPSA) is 43.1 Å². The van der Waals surface area contributed by atoms with Crippen LogP contribution in [0.5, 0.6) is 0 Å². The fraction of sp³-hybridized carbons (Fsp3) is 0.222. The minimum atomic E-state index is -0.0245. The van der Waals surface area contributed by atoms with Crippen LogP contribution in [0.15, 0.2) is 28.2 Å². The summed E-state index contributed by atoms with van der Waals surface area (Å²) in [6.07, 6.45) is 1.51. The van der Waals surface area contributed by atoms with Crippen molar-refractivity contribution >= 4 is 33.0 Å². The van der Waals surface area contributed by atoms with Crippen molar-refractivity contribution in [2.45, 2.75) is 0 Å². The van der Waals surface area contributed by atoms with E-state index in [1.807, 2.05) is 11.4 Å². The molecular formula is C9H12Br2N2OS. The molecule has 2 N–H and O–H groups in total. The van der Waals surface area contributed by atoms with Gasteiger partial charge in [-0.3, -0.25) is 4.79 Å². The second-order valence-electron chi connectivity index (χ2n) is 3.35. The molecule has 1 aromatic rings. The molecule has 0 spiro atoms. The van der Waals surface area contributed by atoms with E-state index < -0.39 is 0 Å². The molecule has 0 radical (unpaired) electrons. The Labute approximate surface area is 112 Å². The molecule has 0 atom stereocenters. The first-order chi connectivity index (χ1) is 6.41. The Morgan fingerprint density at radius 2 is 2.20 bits per heavy atom. The maximum absolute atomic E-state index is 11.6. The van der Waals surface area contributed by atoms with Gasteiger partial charge < -0.3 is 17.0 Å². The van der Waals surface area contributed by atoms with Gasteiger partial charge in [0.15, 0.2) is 4.61 Å². The van der Waals surface area contributed by atoms with Crippen LogP contribution in [0.2, 0.25) is 0 Å². The van der Waals surface area contributed by atoms with Crippen LogP contribution in [0.1, 0.15) is 9.67 Å². The van der Waals surface area contributed by atoms with Gasteiger partial charge in [-0.05, 0) is 11.4 Å². The van der Waals surface area contributed by atoms with E-state index >= 15 is 0 Å². The van der Waals surface area contributed by atoms with Crippen LogP contribution in [0.25, 0.3) is 0 Å². The average Bonchev–Trinajstić information content (AvgIpc) is 2.53. The van der Waals surface area contributed by atoms with Gasteiger partial charge >= 0.3 is 0 Å². The molecule has 0 saturated carbocycles. The van der Waals surface area contributed by atoms with Crippen LogP contribution in [-0.4, -0.2) is 24.5 Å². The SMILES string of the molecule is C[N+](C)(N)/C(Br)=C/C(=O)c1cccs1.[Br-]. The summed E-state index contributed by atoms with van der Waals surface area (Å²) in [5, 5.41) is 1.87. The third-order valence-corrected chi connectivity index (χ3v) is 3.59. The molecule has 0 amide bonds. The molecule has 15 heavy (non-hydrogen) atoms. The van der Waals surface area contributed by atoms with Crippen molar-refractivity contribution in [1.29, 1.82) is 0 Å². The lowest BCUT2D eigenvalue weighted by atomic mass is 10.3. The lowest BCUT2D eigenvalue weighted by molar-refractivity contribution is -0.855. The number of quaternary nitrogens is 1. The van der Waals surface area contributed by atoms with Crippen molar-refractivity contribution in [3.05, 3.63) is 33.1 Å². The summed E-state index contributed by atoms with van der Waals surface area (Å²) in [7, 11) is 3.56. The highest BCUT2D eigenvalue weighted by molar-refractivity contribution is 9.11. The fourth-order valence-corrected chi connectivity index (χ4v) is 1.61. The van der Waals surface area contributed by atoms with Gasteiger partial charge in [0.1, 0.15) is 0 Å². The lowest BCUT2D eigenvalue weighted by Crippen LogP contribution is -3.00. The molecule has 0 saturated heterocycles. The van der Waals surface area contributed by atoms with E-state index in [1.165, 1.54) is 17.4 Å². The summed E-state index contributed by atoms with van der Waals surface area (Å²) in [6, 6.07) is 3.64. The van der Waals surface area contributed by atoms with E-state index in [1.54, 1.807) is 20.2 Å². The van der Waals surface area contributed by atoms with Crippen LogP contribution in [0.3, 0.4) is 0 Å². The van der Waals surface area contributed by atoms with Gasteiger partial charge in [0, 0.05) is 15.9 Å². The van der Waals surface area contributed by atoms with E-state index in [0.29, 0.717) is 4.61 Å². The fourth-order valence-electron chi connectivity index (χ4n) is 0.764. The van der Waals surface area contributed by atoms with Crippen molar-refractivity contribution in [2.24, 2.45) is 5.84 Å². The highest BCUT2D eigenvalue weighted by atomic mass is 79.9. The van der Waals surface area contributed by atoms with Crippen LogP contribution in [0, 0.1) is 0 Å². The highest BCUT2D eigenvalue weighted by Crippen LogP contribution is 2.16. The van der Waals surface area contributed by atoms with Crippen molar-refractivity contribution < 1.29 is 26.4 Å². The second kappa shape index (κ2) is 5.91. The Balaban J connectivity index is 0.00000196. The number of allylic oxidation sites excluding steroid dienone is 1. The van der Waals surface area contributed by atoms with Crippen LogP contribution in [0.4, 0.5) is 0 Å². The summed E-state index contributed by atoms with van der Waals surface area (Å²) in [5.74, 6) is 5.73. The van der Waals surface area contributed by atoms with Crippen molar-refractivity contribution in [3.8, 4) is 0 Å². The van der Waals surface area contributed by atoms with Crippen molar-refractivity contribution in [2.75, 3.05) is 14.1 Å². The Hall–Kier alpha value is -0.0100. The second-order valence-corrected chi connectivity index (χ2v) is 5.11. The van der Waals surface area contributed by atoms with Gasteiger partial charge in [-0.1, -0.05) is 6.07 Å². The molecule has 0 unspecified atom stereocenters. The first kappa shape index (κ1) is 15.0. The van der Waals surface area contributed by atoms with Gasteiger partial charge in [0.05, 0.1) is 25.0 Å². The summed E-state index contributed by atoms with van der Waals surface area (Å²) in [6.45, 7) is 0. The molecule has 1 rings (SSSR count). The minimum Gasteiger partial charge on any atom is -1.00 e. The number of nitrogens with zero attached hydrogens (tertiary/aromatic N) is 1. The molecule has 3 nitrogen and oxygen atoms in total. The van der Waals surface area contributed by atoms with Crippen molar-refractivity contribution in [3.63, 3.8) is 0 Å². The normalized spacial score (nSPS) is 12.1. The van der Waals surface area contributed by atoms with Gasteiger partial charge in [0.2, 0.25) is 5.78 Å². The standard InChI is InChI=1S/C9H12BrN2OS.BrH/c1-12(2,11)9(10)6-7(13)8-4-3-5-14-8;/h3-6H,11H2,1-2H3;1H/q+1;/p-1/b9-6+;. The third kappa shape index (κ3) is 4.56. The van der Waals surface area contributed by atoms with Gasteiger partial charge in [0.25, 0.3) is 0 Å². The zero-order valence-electron chi connectivity index (χ0n) is 8.41.